The minimum Gasteiger partial charge on any atom is -0.474 e. The van der Waals surface area contributed by atoms with Crippen LogP contribution in [0.2, 0.25) is 0 Å². The van der Waals surface area contributed by atoms with Crippen LogP contribution in [-0.2, 0) is 4.79 Å². The largest absolute Gasteiger partial charge is 0.474 e. The summed E-state index contributed by atoms with van der Waals surface area (Å²) in [6, 6.07) is 3.69. The molecule has 7 heteroatoms. The molecule has 0 saturated carbocycles. The fourth-order valence-corrected chi connectivity index (χ4v) is 2.88. The Kier molecular flexibility index (Phi) is 4.71. The van der Waals surface area contributed by atoms with Gasteiger partial charge in [-0.15, -0.1) is 0 Å². The van der Waals surface area contributed by atoms with Gasteiger partial charge in [0.2, 0.25) is 11.8 Å². The molecule has 0 atom stereocenters. The lowest BCUT2D eigenvalue weighted by Crippen LogP contribution is -2.48. The highest BCUT2D eigenvalue weighted by Crippen LogP contribution is 2.17. The van der Waals surface area contributed by atoms with E-state index >= 15 is 0 Å². The van der Waals surface area contributed by atoms with E-state index in [1.807, 2.05) is 39.1 Å². The summed E-state index contributed by atoms with van der Waals surface area (Å²) in [5.74, 6) is 0.710. The van der Waals surface area contributed by atoms with Gasteiger partial charge in [0.1, 0.15) is 6.10 Å². The van der Waals surface area contributed by atoms with Crippen LogP contribution in [0, 0.1) is 0 Å². The molecule has 1 amide bonds. The zero-order chi connectivity index (χ0) is 17.2. The maximum absolute atomic E-state index is 12.0. The quantitative estimate of drug-likeness (QED) is 0.919. The lowest BCUT2D eigenvalue weighted by molar-refractivity contribution is -0.124. The third-order valence-corrected chi connectivity index (χ3v) is 3.94. The van der Waals surface area contributed by atoms with Gasteiger partial charge in [-0.1, -0.05) is 0 Å². The van der Waals surface area contributed by atoms with Crippen LogP contribution < -0.4 is 10.1 Å². The second-order valence-electron chi connectivity index (χ2n) is 7.29. The van der Waals surface area contributed by atoms with Gasteiger partial charge in [-0.05, 0) is 33.6 Å². The van der Waals surface area contributed by atoms with Crippen molar-refractivity contribution in [3.63, 3.8) is 0 Å². The van der Waals surface area contributed by atoms with Crippen LogP contribution in [0.5, 0.6) is 5.88 Å². The van der Waals surface area contributed by atoms with E-state index in [1.165, 1.54) is 0 Å². The van der Waals surface area contributed by atoms with E-state index in [9.17, 15) is 4.79 Å². The molecule has 3 heterocycles. The van der Waals surface area contributed by atoms with E-state index in [0.29, 0.717) is 12.4 Å². The van der Waals surface area contributed by atoms with Gasteiger partial charge in [-0.25, -0.2) is 4.52 Å². The second kappa shape index (κ2) is 6.76. The van der Waals surface area contributed by atoms with Crippen LogP contribution in [-0.4, -0.2) is 56.7 Å². The van der Waals surface area contributed by atoms with Crippen LogP contribution in [0.1, 0.15) is 33.6 Å². The number of rotatable bonds is 4. The van der Waals surface area contributed by atoms with Crippen LogP contribution in [0.15, 0.2) is 24.5 Å². The molecular formula is C17H25N5O2. The average Bonchev–Trinajstić information content (AvgIpc) is 2.95. The number of likely N-dealkylation sites (tertiary alicyclic amines) is 1. The molecular weight excluding hydrogens is 306 g/mol. The maximum Gasteiger partial charge on any atom is 0.234 e. The number of hydrogen-bond donors (Lipinski definition) is 1. The van der Waals surface area contributed by atoms with Crippen LogP contribution in [0.3, 0.4) is 0 Å². The van der Waals surface area contributed by atoms with Crippen molar-refractivity contribution >= 4 is 11.6 Å². The topological polar surface area (TPSA) is 71.8 Å². The van der Waals surface area contributed by atoms with Gasteiger partial charge in [-0.3, -0.25) is 9.69 Å². The summed E-state index contributed by atoms with van der Waals surface area (Å²) >= 11 is 0. The molecule has 130 valence electrons. The molecule has 0 radical (unpaired) electrons. The first-order valence-electron chi connectivity index (χ1n) is 8.39. The van der Waals surface area contributed by atoms with E-state index < -0.39 is 0 Å². The molecule has 0 spiro atoms. The zero-order valence-corrected chi connectivity index (χ0v) is 14.5. The van der Waals surface area contributed by atoms with E-state index in [0.717, 1.165) is 31.6 Å². The Labute approximate surface area is 142 Å². The van der Waals surface area contributed by atoms with E-state index in [2.05, 4.69) is 20.3 Å². The third kappa shape index (κ3) is 4.44. The number of nitrogens with zero attached hydrogens (tertiary/aromatic N) is 4. The third-order valence-electron chi connectivity index (χ3n) is 3.94. The molecule has 2 aromatic rings. The minimum absolute atomic E-state index is 0.0784. The van der Waals surface area contributed by atoms with Gasteiger partial charge in [0.15, 0.2) is 5.65 Å². The molecule has 0 unspecified atom stereocenters. The monoisotopic (exact) mass is 331 g/mol. The number of aromatic nitrogens is 3. The Bertz CT molecular complexity index is 698. The molecule has 0 bridgehead atoms. The number of ether oxygens (including phenoxy) is 1. The smallest absolute Gasteiger partial charge is 0.234 e. The van der Waals surface area contributed by atoms with Crippen molar-refractivity contribution in [3.8, 4) is 5.88 Å². The highest BCUT2D eigenvalue weighted by atomic mass is 16.5. The SMILES string of the molecule is CC(C)(C)NC(=O)CN1CCC(Oc2ccn3nccc3n2)CC1. The summed E-state index contributed by atoms with van der Waals surface area (Å²) in [4.78, 5) is 18.6. The first-order chi connectivity index (χ1) is 11.4. The van der Waals surface area contributed by atoms with Gasteiger partial charge < -0.3 is 10.1 Å². The Morgan fingerprint density at radius 2 is 2.08 bits per heavy atom. The molecule has 1 aliphatic rings. The molecule has 1 N–H and O–H groups in total. The first kappa shape index (κ1) is 16.7. The molecule has 1 fully saturated rings. The molecule has 2 aromatic heterocycles. The summed E-state index contributed by atoms with van der Waals surface area (Å²) in [7, 11) is 0. The molecule has 0 aliphatic carbocycles. The van der Waals surface area contributed by atoms with Gasteiger partial charge in [0, 0.05) is 37.0 Å². The predicted molar refractivity (Wildman–Crippen MR) is 91.0 cm³/mol. The Morgan fingerprint density at radius 1 is 1.33 bits per heavy atom. The maximum atomic E-state index is 12.0. The number of fused-ring (bicyclic) bond motifs is 1. The second-order valence-corrected chi connectivity index (χ2v) is 7.29. The number of hydrogen-bond acceptors (Lipinski definition) is 5. The molecule has 3 rings (SSSR count). The van der Waals surface area contributed by atoms with Crippen molar-refractivity contribution in [1.82, 2.24) is 24.8 Å². The van der Waals surface area contributed by atoms with E-state index in [-0.39, 0.29) is 17.6 Å². The Hall–Kier alpha value is -2.15. The zero-order valence-electron chi connectivity index (χ0n) is 14.5. The standard InChI is InChI=1S/C17H25N5O2/c1-17(2,3)20-15(23)12-21-9-5-13(6-10-21)24-16-7-11-22-14(19-16)4-8-18-22/h4,7-8,11,13H,5-6,9-10,12H2,1-3H3,(H,20,23). The molecule has 7 nitrogen and oxygen atoms in total. The van der Waals surface area contributed by atoms with E-state index in [4.69, 9.17) is 4.74 Å². The van der Waals surface area contributed by atoms with Crippen molar-refractivity contribution in [2.75, 3.05) is 19.6 Å². The summed E-state index contributed by atoms with van der Waals surface area (Å²) < 4.78 is 7.70. The summed E-state index contributed by atoms with van der Waals surface area (Å²) in [5.41, 5.74) is 0.597. The van der Waals surface area contributed by atoms with Crippen molar-refractivity contribution in [2.45, 2.75) is 45.3 Å². The Morgan fingerprint density at radius 3 is 2.79 bits per heavy atom. The number of amides is 1. The summed E-state index contributed by atoms with van der Waals surface area (Å²) in [6.07, 6.45) is 5.51. The van der Waals surface area contributed by atoms with Crippen molar-refractivity contribution in [3.05, 3.63) is 24.5 Å². The van der Waals surface area contributed by atoms with Crippen molar-refractivity contribution in [2.24, 2.45) is 0 Å². The van der Waals surface area contributed by atoms with Crippen LogP contribution in [0.25, 0.3) is 5.65 Å². The van der Waals surface area contributed by atoms with Gasteiger partial charge in [-0.2, -0.15) is 10.1 Å². The molecule has 24 heavy (non-hydrogen) atoms. The molecule has 1 aliphatic heterocycles. The number of piperidine rings is 1. The first-order valence-corrected chi connectivity index (χ1v) is 8.39. The fraction of sp³-hybridized carbons (Fsp3) is 0.588. The average molecular weight is 331 g/mol. The number of nitrogens with one attached hydrogen (secondary N) is 1. The lowest BCUT2D eigenvalue weighted by Gasteiger charge is -2.32. The normalized spacial score (nSPS) is 17.1. The molecule has 0 aromatic carbocycles. The van der Waals surface area contributed by atoms with Crippen LogP contribution >= 0.6 is 0 Å². The van der Waals surface area contributed by atoms with Crippen molar-refractivity contribution < 1.29 is 9.53 Å². The van der Waals surface area contributed by atoms with Crippen molar-refractivity contribution in [1.29, 1.82) is 0 Å². The number of carbonyl (C=O) groups excluding carboxylic acids is 1. The van der Waals surface area contributed by atoms with Crippen LogP contribution in [0.4, 0.5) is 0 Å². The van der Waals surface area contributed by atoms with E-state index in [1.54, 1.807) is 10.7 Å². The van der Waals surface area contributed by atoms with Gasteiger partial charge in [0.25, 0.3) is 0 Å². The highest BCUT2D eigenvalue weighted by Gasteiger charge is 2.23. The highest BCUT2D eigenvalue weighted by molar-refractivity contribution is 5.78. The minimum atomic E-state index is -0.184. The van der Waals surface area contributed by atoms with Gasteiger partial charge >= 0.3 is 0 Å². The summed E-state index contributed by atoms with van der Waals surface area (Å²) in [5, 5.41) is 7.13. The predicted octanol–water partition coefficient (Wildman–Crippen LogP) is 1.49. The molecule has 1 saturated heterocycles. The lowest BCUT2D eigenvalue weighted by atomic mass is 10.1. The summed E-state index contributed by atoms with van der Waals surface area (Å²) in [6.45, 7) is 8.15. The Balaban J connectivity index is 1.47. The number of carbonyl (C=O) groups is 1. The van der Waals surface area contributed by atoms with Gasteiger partial charge in [0.05, 0.1) is 12.7 Å². The fourth-order valence-electron chi connectivity index (χ4n) is 2.88.